The van der Waals surface area contributed by atoms with Crippen LogP contribution in [0.15, 0.2) is 22.9 Å². The molecule has 15 nitrogen and oxygen atoms in total. The molecule has 196 valence electrons. The maximum Gasteiger partial charge on any atom is 0.273 e. The van der Waals surface area contributed by atoms with E-state index < -0.39 is 22.9 Å². The van der Waals surface area contributed by atoms with E-state index in [0.717, 1.165) is 23.4 Å². The molecule has 1 fully saturated rings. The summed E-state index contributed by atoms with van der Waals surface area (Å²) < 4.78 is 57.2. The van der Waals surface area contributed by atoms with Gasteiger partial charge in [-0.2, -0.15) is 9.29 Å². The van der Waals surface area contributed by atoms with E-state index in [1.807, 2.05) is 5.32 Å². The molecule has 1 aliphatic rings. The third-order valence-corrected chi connectivity index (χ3v) is 6.58. The molecule has 1 saturated carbocycles. The lowest BCUT2D eigenvalue weighted by Gasteiger charge is -2.15. The highest BCUT2D eigenvalue weighted by Crippen LogP contribution is 2.36. The van der Waals surface area contributed by atoms with E-state index in [1.165, 1.54) is 32.5 Å². The topological polar surface area (TPSA) is 194 Å². The second-order valence-electron chi connectivity index (χ2n) is 8.11. The second-order valence-corrected chi connectivity index (χ2v) is 10.2. The van der Waals surface area contributed by atoms with Crippen molar-refractivity contribution in [2.45, 2.75) is 19.4 Å². The van der Waals surface area contributed by atoms with Gasteiger partial charge in [-0.1, -0.05) is 5.16 Å². The fourth-order valence-electron chi connectivity index (χ4n) is 3.13. The first kappa shape index (κ1) is 22.1. The molecular formula is C21H25N9O6S. The number of sulfonamides is 1. The SMILES string of the molecule is [2H]C([2H])([2H])NC(=O)c1nnc(NC(=O)C2CC2)cc1Nc1nccc(-c2noc(CN(C)S(C)(=O)=O)n2)c1OC. The summed E-state index contributed by atoms with van der Waals surface area (Å²) in [6.07, 6.45) is 3.92. The number of carbonyl (C=O) groups excluding carboxylic acids is 2. The van der Waals surface area contributed by atoms with E-state index in [9.17, 15) is 18.0 Å². The smallest absolute Gasteiger partial charge is 0.273 e. The molecule has 0 spiro atoms. The molecule has 0 aromatic carbocycles. The molecule has 1 aliphatic carbocycles. The molecule has 16 heteroatoms. The van der Waals surface area contributed by atoms with Gasteiger partial charge in [0.1, 0.15) is 0 Å². The van der Waals surface area contributed by atoms with E-state index in [-0.39, 0.29) is 58.9 Å². The van der Waals surface area contributed by atoms with Crippen LogP contribution in [0.3, 0.4) is 0 Å². The summed E-state index contributed by atoms with van der Waals surface area (Å²) in [5.74, 6) is -1.18. The van der Waals surface area contributed by atoms with Crippen molar-refractivity contribution in [3.8, 4) is 17.1 Å². The molecule has 3 aromatic rings. The van der Waals surface area contributed by atoms with Gasteiger partial charge in [0, 0.05) is 36.3 Å². The molecular weight excluding hydrogens is 506 g/mol. The highest BCUT2D eigenvalue weighted by Gasteiger charge is 2.30. The van der Waals surface area contributed by atoms with Crippen LogP contribution in [0.4, 0.5) is 17.3 Å². The normalized spacial score (nSPS) is 14.9. The zero-order valence-corrected chi connectivity index (χ0v) is 20.8. The maximum atomic E-state index is 12.7. The molecule has 0 saturated heterocycles. The number of methoxy groups -OCH3 is 1. The van der Waals surface area contributed by atoms with E-state index in [0.29, 0.717) is 5.56 Å². The van der Waals surface area contributed by atoms with Crippen molar-refractivity contribution in [1.29, 1.82) is 0 Å². The van der Waals surface area contributed by atoms with E-state index in [2.05, 4.69) is 36.0 Å². The van der Waals surface area contributed by atoms with Gasteiger partial charge in [-0.05, 0) is 18.9 Å². The number of hydrogen-bond acceptors (Lipinski definition) is 12. The van der Waals surface area contributed by atoms with Gasteiger partial charge in [0.25, 0.3) is 5.91 Å². The van der Waals surface area contributed by atoms with Crippen LogP contribution < -0.4 is 20.7 Å². The highest BCUT2D eigenvalue weighted by molar-refractivity contribution is 7.88. The Morgan fingerprint density at radius 1 is 1.32 bits per heavy atom. The van der Waals surface area contributed by atoms with Crippen LogP contribution in [0, 0.1) is 5.92 Å². The zero-order valence-electron chi connectivity index (χ0n) is 23.0. The number of nitrogens with one attached hydrogen (secondary N) is 3. The number of pyridine rings is 1. The van der Waals surface area contributed by atoms with Crippen molar-refractivity contribution in [3.05, 3.63) is 29.9 Å². The number of aromatic nitrogens is 5. The van der Waals surface area contributed by atoms with Crippen LogP contribution in [-0.4, -0.2) is 77.2 Å². The van der Waals surface area contributed by atoms with Gasteiger partial charge >= 0.3 is 0 Å². The molecule has 0 radical (unpaired) electrons. The summed E-state index contributed by atoms with van der Waals surface area (Å²) in [7, 11) is -0.785. The molecule has 37 heavy (non-hydrogen) atoms. The maximum absolute atomic E-state index is 12.7. The lowest BCUT2D eigenvalue weighted by Crippen LogP contribution is -2.25. The van der Waals surface area contributed by atoms with Crippen molar-refractivity contribution in [2.24, 2.45) is 5.92 Å². The molecule has 0 bridgehead atoms. The Morgan fingerprint density at radius 3 is 2.78 bits per heavy atom. The minimum absolute atomic E-state index is 0.0225. The number of hydrogen-bond donors (Lipinski definition) is 3. The Hall–Kier alpha value is -4.18. The predicted molar refractivity (Wildman–Crippen MR) is 130 cm³/mol. The quantitative estimate of drug-likeness (QED) is 0.331. The van der Waals surface area contributed by atoms with Gasteiger partial charge in [0.15, 0.2) is 23.1 Å². The number of anilines is 3. The van der Waals surface area contributed by atoms with Crippen molar-refractivity contribution >= 4 is 39.2 Å². The van der Waals surface area contributed by atoms with Crippen molar-refractivity contribution < 1.29 is 31.4 Å². The summed E-state index contributed by atoms with van der Waals surface area (Å²) in [6.45, 7) is -2.96. The molecule has 3 aromatic heterocycles. The number of carbonyl (C=O) groups is 2. The van der Waals surface area contributed by atoms with Gasteiger partial charge in [-0.25, -0.2) is 13.4 Å². The van der Waals surface area contributed by atoms with E-state index in [4.69, 9.17) is 13.4 Å². The van der Waals surface area contributed by atoms with Gasteiger partial charge in [-0.3, -0.25) is 9.59 Å². The lowest BCUT2D eigenvalue weighted by atomic mass is 10.2. The van der Waals surface area contributed by atoms with Crippen LogP contribution in [0.25, 0.3) is 11.4 Å². The van der Waals surface area contributed by atoms with Crippen LogP contribution in [0.5, 0.6) is 5.75 Å². The van der Waals surface area contributed by atoms with Crippen LogP contribution in [0.1, 0.15) is 33.3 Å². The Labute approximate surface area is 216 Å². The first-order chi connectivity index (χ1) is 18.7. The Kier molecular flexibility index (Phi) is 6.22. The average molecular weight is 535 g/mol. The second kappa shape index (κ2) is 10.4. The van der Waals surface area contributed by atoms with E-state index >= 15 is 0 Å². The van der Waals surface area contributed by atoms with Gasteiger partial charge in [-0.15, -0.1) is 10.2 Å². The summed E-state index contributed by atoms with van der Waals surface area (Å²) in [5, 5.41) is 18.9. The fraction of sp³-hybridized carbons (Fsp3) is 0.381. The van der Waals surface area contributed by atoms with Crippen molar-refractivity contribution in [3.63, 3.8) is 0 Å². The average Bonchev–Trinajstić information content (AvgIpc) is 3.61. The number of rotatable bonds is 10. The first-order valence-electron chi connectivity index (χ1n) is 12.3. The first-order valence-corrected chi connectivity index (χ1v) is 12.7. The third kappa shape index (κ3) is 5.97. The number of nitrogens with zero attached hydrogens (tertiary/aromatic N) is 6. The summed E-state index contributed by atoms with van der Waals surface area (Å²) in [6, 6.07) is 2.83. The Balaban J connectivity index is 1.68. The monoisotopic (exact) mass is 534 g/mol. The lowest BCUT2D eigenvalue weighted by molar-refractivity contribution is -0.117. The van der Waals surface area contributed by atoms with Crippen molar-refractivity contribution in [1.82, 2.24) is 34.9 Å². The minimum atomic E-state index is -3.49. The predicted octanol–water partition coefficient (Wildman–Crippen LogP) is 0.773. The minimum Gasteiger partial charge on any atom is -0.492 e. The molecule has 2 amide bonds. The third-order valence-electron chi connectivity index (χ3n) is 5.32. The molecule has 3 heterocycles. The molecule has 0 atom stereocenters. The standard InChI is InChI=1S/C21H25N9O6S/c1-22-21(32)16-13(9-14(27-28-16)25-20(31)11-5-6-11)24-19-17(35-3)12(7-8-23-19)18-26-15(36-29-18)10-30(2)37(4,33)34/h7-9,11H,5-6,10H2,1-4H3,(H,22,32)(H2,23,24,25,27,31)/i1D3. The van der Waals surface area contributed by atoms with E-state index in [1.54, 1.807) is 0 Å². The fourth-order valence-corrected chi connectivity index (χ4v) is 3.48. The van der Waals surface area contributed by atoms with Gasteiger partial charge in [0.05, 0.1) is 31.2 Å². The Morgan fingerprint density at radius 2 is 2.11 bits per heavy atom. The zero-order chi connectivity index (χ0) is 29.2. The molecule has 3 N–H and O–H groups in total. The molecule has 0 unspecified atom stereocenters. The van der Waals surface area contributed by atoms with Crippen LogP contribution in [0.2, 0.25) is 0 Å². The summed E-state index contributed by atoms with van der Waals surface area (Å²) >= 11 is 0. The Bertz CT molecular complexity index is 1540. The highest BCUT2D eigenvalue weighted by atomic mass is 32.2. The van der Waals surface area contributed by atoms with Crippen molar-refractivity contribution in [2.75, 3.05) is 38.0 Å². The van der Waals surface area contributed by atoms with Gasteiger partial charge in [0.2, 0.25) is 27.6 Å². The van der Waals surface area contributed by atoms with Crippen LogP contribution >= 0.6 is 0 Å². The summed E-state index contributed by atoms with van der Waals surface area (Å²) in [5.41, 5.74) is -0.121. The summed E-state index contributed by atoms with van der Waals surface area (Å²) in [4.78, 5) is 33.4. The molecule has 4 rings (SSSR count). The van der Waals surface area contributed by atoms with Crippen LogP contribution in [-0.2, 0) is 21.4 Å². The largest absolute Gasteiger partial charge is 0.492 e. The van der Waals surface area contributed by atoms with Gasteiger partial charge < -0.3 is 25.2 Å². The number of ether oxygens (including phenoxy) is 1. The molecule has 0 aliphatic heterocycles. The number of amides is 2.